The molecular weight excluding hydrogens is 380 g/mol. The van der Waals surface area contributed by atoms with E-state index in [9.17, 15) is 13.2 Å². The first-order valence-corrected chi connectivity index (χ1v) is 10.6. The van der Waals surface area contributed by atoms with Crippen molar-refractivity contribution in [3.05, 3.63) is 59.7 Å². The lowest BCUT2D eigenvalue weighted by Crippen LogP contribution is -2.36. The Morgan fingerprint density at radius 1 is 1.14 bits per heavy atom. The van der Waals surface area contributed by atoms with E-state index in [2.05, 4.69) is 5.32 Å². The number of sulfonamides is 1. The minimum absolute atomic E-state index is 0.0469. The van der Waals surface area contributed by atoms with Gasteiger partial charge in [0, 0.05) is 19.2 Å². The number of nitrogens with zero attached hydrogens (tertiary/aromatic N) is 1. The topological polar surface area (TPSA) is 84.9 Å². The molecule has 0 unspecified atom stereocenters. The minimum Gasteiger partial charge on any atom is -0.454 e. The molecule has 2 aromatic rings. The van der Waals surface area contributed by atoms with Gasteiger partial charge in [-0.15, -0.1) is 0 Å². The highest BCUT2D eigenvalue weighted by Gasteiger charge is 2.28. The fourth-order valence-corrected chi connectivity index (χ4v) is 4.69. The number of benzene rings is 2. The predicted molar refractivity (Wildman–Crippen MR) is 106 cm³/mol. The molecule has 0 atom stereocenters. The number of amides is 1. The maximum atomic E-state index is 12.6. The molecule has 2 aliphatic rings. The summed E-state index contributed by atoms with van der Waals surface area (Å²) in [5, 5.41) is 2.62. The van der Waals surface area contributed by atoms with Crippen molar-refractivity contribution in [3.63, 3.8) is 0 Å². The van der Waals surface area contributed by atoms with Crippen LogP contribution in [0.2, 0.25) is 0 Å². The summed E-state index contributed by atoms with van der Waals surface area (Å²) in [6.07, 6.45) is 3.72. The molecule has 0 fully saturated rings. The molecule has 146 valence electrons. The molecule has 0 saturated heterocycles. The third-order valence-electron chi connectivity index (χ3n) is 4.66. The average Bonchev–Trinajstić information content (AvgIpc) is 3.32. The summed E-state index contributed by atoms with van der Waals surface area (Å²) < 4.78 is 37.2. The molecule has 2 aromatic carbocycles. The maximum absolute atomic E-state index is 12.6. The van der Waals surface area contributed by atoms with Crippen LogP contribution in [0.25, 0.3) is 6.08 Å². The fourth-order valence-electron chi connectivity index (χ4n) is 3.26. The summed E-state index contributed by atoms with van der Waals surface area (Å²) in [6.45, 7) is 0.684. The van der Waals surface area contributed by atoms with E-state index in [0.29, 0.717) is 24.5 Å². The van der Waals surface area contributed by atoms with Crippen molar-refractivity contribution >= 4 is 27.7 Å². The van der Waals surface area contributed by atoms with Gasteiger partial charge in [0.2, 0.25) is 22.7 Å². The molecule has 0 spiro atoms. The monoisotopic (exact) mass is 400 g/mol. The molecule has 0 aromatic heterocycles. The summed E-state index contributed by atoms with van der Waals surface area (Å²) >= 11 is 0. The van der Waals surface area contributed by atoms with Crippen molar-refractivity contribution < 1.29 is 22.7 Å². The normalized spacial score (nSPS) is 15.1. The van der Waals surface area contributed by atoms with Gasteiger partial charge in [-0.05, 0) is 41.8 Å². The van der Waals surface area contributed by atoms with Gasteiger partial charge >= 0.3 is 0 Å². The predicted octanol–water partition coefficient (Wildman–Crippen LogP) is 1.94. The van der Waals surface area contributed by atoms with E-state index in [1.165, 1.54) is 10.4 Å². The standard InChI is InChI=1S/C20H20N2O5S/c23-20(8-6-15-5-7-18-19(13-15)27-14-26-18)21-10-12-28(24,25)22-11-9-16-3-1-2-4-17(16)22/h1-8,13H,9-12,14H2,(H,21,23)/b8-6+. The zero-order chi connectivity index (χ0) is 19.6. The number of carbonyl (C=O) groups is 1. The highest BCUT2D eigenvalue weighted by Crippen LogP contribution is 2.33. The van der Waals surface area contributed by atoms with Gasteiger partial charge in [0.1, 0.15) is 0 Å². The van der Waals surface area contributed by atoms with Crippen LogP contribution in [-0.2, 0) is 21.2 Å². The first kappa shape index (κ1) is 18.4. The van der Waals surface area contributed by atoms with Crippen LogP contribution in [0.3, 0.4) is 0 Å². The lowest BCUT2D eigenvalue weighted by Gasteiger charge is -2.19. The van der Waals surface area contributed by atoms with Gasteiger partial charge in [0.25, 0.3) is 0 Å². The van der Waals surface area contributed by atoms with Crippen molar-refractivity contribution in [1.29, 1.82) is 0 Å². The first-order chi connectivity index (χ1) is 13.5. The van der Waals surface area contributed by atoms with Crippen LogP contribution < -0.4 is 19.1 Å². The Labute approximate surface area is 163 Å². The SMILES string of the molecule is O=C(/C=C/c1ccc2c(c1)OCO2)NCCS(=O)(=O)N1CCc2ccccc21. The van der Waals surface area contributed by atoms with Crippen LogP contribution in [0, 0.1) is 0 Å². The summed E-state index contributed by atoms with van der Waals surface area (Å²) in [7, 11) is -3.48. The number of rotatable bonds is 6. The fraction of sp³-hybridized carbons (Fsp3) is 0.250. The van der Waals surface area contributed by atoms with E-state index in [1.54, 1.807) is 18.2 Å². The quantitative estimate of drug-likeness (QED) is 0.749. The van der Waals surface area contributed by atoms with Crippen LogP contribution in [0.4, 0.5) is 5.69 Å². The Bertz CT molecular complexity index is 1030. The van der Waals surface area contributed by atoms with Crippen LogP contribution in [0.5, 0.6) is 11.5 Å². The highest BCUT2D eigenvalue weighted by molar-refractivity contribution is 7.92. The molecule has 8 heteroatoms. The Balaban J connectivity index is 1.30. The molecule has 0 radical (unpaired) electrons. The van der Waals surface area contributed by atoms with Crippen molar-refractivity contribution in [2.75, 3.05) is 29.9 Å². The number of nitrogens with one attached hydrogen (secondary N) is 1. The maximum Gasteiger partial charge on any atom is 0.244 e. The van der Waals surface area contributed by atoms with Gasteiger partial charge < -0.3 is 14.8 Å². The molecular formula is C20H20N2O5S. The number of ether oxygens (including phenoxy) is 2. The summed E-state index contributed by atoms with van der Waals surface area (Å²) in [6, 6.07) is 12.9. The van der Waals surface area contributed by atoms with Crippen LogP contribution >= 0.6 is 0 Å². The second-order valence-electron chi connectivity index (χ2n) is 6.50. The zero-order valence-electron chi connectivity index (χ0n) is 15.1. The van der Waals surface area contributed by atoms with E-state index in [1.807, 2.05) is 30.3 Å². The molecule has 2 aliphatic heterocycles. The largest absolute Gasteiger partial charge is 0.454 e. The van der Waals surface area contributed by atoms with Crippen molar-refractivity contribution in [1.82, 2.24) is 5.32 Å². The third-order valence-corrected chi connectivity index (χ3v) is 6.43. The molecule has 2 heterocycles. The van der Waals surface area contributed by atoms with Crippen LogP contribution in [0.15, 0.2) is 48.5 Å². The second-order valence-corrected chi connectivity index (χ2v) is 8.52. The number of hydrogen-bond donors (Lipinski definition) is 1. The smallest absolute Gasteiger partial charge is 0.244 e. The van der Waals surface area contributed by atoms with Crippen molar-refractivity contribution in [3.8, 4) is 11.5 Å². The minimum atomic E-state index is -3.48. The number of fused-ring (bicyclic) bond motifs is 2. The van der Waals surface area contributed by atoms with Crippen molar-refractivity contribution in [2.24, 2.45) is 0 Å². The third kappa shape index (κ3) is 3.82. The highest BCUT2D eigenvalue weighted by atomic mass is 32.2. The first-order valence-electron chi connectivity index (χ1n) is 8.97. The average molecular weight is 400 g/mol. The number of hydrogen-bond acceptors (Lipinski definition) is 5. The lowest BCUT2D eigenvalue weighted by atomic mass is 10.2. The van der Waals surface area contributed by atoms with E-state index < -0.39 is 10.0 Å². The molecule has 0 aliphatic carbocycles. The summed E-state index contributed by atoms with van der Waals surface area (Å²) in [4.78, 5) is 12.0. The van der Waals surface area contributed by atoms with Crippen molar-refractivity contribution in [2.45, 2.75) is 6.42 Å². The van der Waals surface area contributed by atoms with E-state index in [4.69, 9.17) is 9.47 Å². The van der Waals surface area contributed by atoms with Gasteiger partial charge in [-0.1, -0.05) is 24.3 Å². The molecule has 0 saturated carbocycles. The molecule has 7 nitrogen and oxygen atoms in total. The van der Waals surface area contributed by atoms with Gasteiger partial charge in [-0.2, -0.15) is 0 Å². The summed E-state index contributed by atoms with van der Waals surface area (Å²) in [5.41, 5.74) is 2.55. The van der Waals surface area contributed by atoms with Gasteiger partial charge in [0.05, 0.1) is 11.4 Å². The summed E-state index contributed by atoms with van der Waals surface area (Å²) in [5.74, 6) is 0.815. The number of para-hydroxylation sites is 1. The molecule has 4 rings (SSSR count). The van der Waals surface area contributed by atoms with Gasteiger partial charge in [-0.3, -0.25) is 9.10 Å². The number of anilines is 1. The molecule has 1 N–H and O–H groups in total. The van der Waals surface area contributed by atoms with Gasteiger partial charge in [-0.25, -0.2) is 8.42 Å². The molecule has 0 bridgehead atoms. The lowest BCUT2D eigenvalue weighted by molar-refractivity contribution is -0.116. The number of carbonyl (C=O) groups excluding carboxylic acids is 1. The second kappa shape index (κ2) is 7.55. The zero-order valence-corrected chi connectivity index (χ0v) is 15.9. The Morgan fingerprint density at radius 2 is 1.96 bits per heavy atom. The van der Waals surface area contributed by atoms with E-state index in [-0.39, 0.29) is 25.0 Å². The Hall–Kier alpha value is -3.00. The molecule has 28 heavy (non-hydrogen) atoms. The van der Waals surface area contributed by atoms with E-state index in [0.717, 1.165) is 16.8 Å². The Morgan fingerprint density at radius 3 is 2.86 bits per heavy atom. The Kier molecular flexibility index (Phi) is 4.95. The van der Waals surface area contributed by atoms with Gasteiger partial charge in [0.15, 0.2) is 11.5 Å². The molecule has 1 amide bonds. The van der Waals surface area contributed by atoms with Crippen LogP contribution in [0.1, 0.15) is 11.1 Å². The van der Waals surface area contributed by atoms with E-state index >= 15 is 0 Å². The van der Waals surface area contributed by atoms with Crippen LogP contribution in [-0.4, -0.2) is 40.0 Å².